The van der Waals surface area contributed by atoms with Crippen LogP contribution in [0.4, 0.5) is 5.69 Å². The van der Waals surface area contributed by atoms with Crippen LogP contribution in [0.25, 0.3) is 0 Å². The number of nitrogens with zero attached hydrogens (tertiary/aromatic N) is 5. The molecule has 1 aromatic carbocycles. The lowest BCUT2D eigenvalue weighted by molar-refractivity contribution is -0.128. The molecule has 0 atom stereocenters. The minimum Gasteiger partial charge on any atom is -0.497 e. The van der Waals surface area contributed by atoms with Crippen molar-refractivity contribution in [3.05, 3.63) is 30.1 Å². The van der Waals surface area contributed by atoms with Crippen molar-refractivity contribution >= 4 is 23.4 Å². The smallest absolute Gasteiger partial charge is 0.233 e. The van der Waals surface area contributed by atoms with E-state index in [0.29, 0.717) is 5.75 Å². The number of aromatic nitrogens is 3. The molecule has 3 rings (SSSR count). The highest BCUT2D eigenvalue weighted by molar-refractivity contribution is 7.99. The van der Waals surface area contributed by atoms with E-state index in [0.717, 1.165) is 55.8 Å². The number of anilines is 1. The number of rotatable bonds is 7. The number of carbonyl (C=O) groups excluding carboxylic acids is 1. The average molecular weight is 390 g/mol. The van der Waals surface area contributed by atoms with Crippen molar-refractivity contribution < 1.29 is 9.53 Å². The van der Waals surface area contributed by atoms with Crippen LogP contribution in [-0.4, -0.2) is 64.6 Å². The van der Waals surface area contributed by atoms with E-state index in [9.17, 15) is 4.79 Å². The van der Waals surface area contributed by atoms with Crippen LogP contribution in [0.2, 0.25) is 0 Å². The van der Waals surface area contributed by atoms with Crippen LogP contribution < -0.4 is 9.64 Å². The molecule has 146 valence electrons. The van der Waals surface area contributed by atoms with Gasteiger partial charge in [-0.15, -0.1) is 10.2 Å². The summed E-state index contributed by atoms with van der Waals surface area (Å²) in [7, 11) is 3.63. The first-order valence-corrected chi connectivity index (χ1v) is 10.3. The third kappa shape index (κ3) is 4.74. The van der Waals surface area contributed by atoms with Crippen LogP contribution in [0.15, 0.2) is 29.4 Å². The number of piperazine rings is 1. The summed E-state index contributed by atoms with van der Waals surface area (Å²) in [5.74, 6) is 2.39. The lowest BCUT2D eigenvalue weighted by atomic mass is 10.2. The molecule has 0 saturated carbocycles. The summed E-state index contributed by atoms with van der Waals surface area (Å²) in [5.41, 5.74) is 1.17. The Bertz CT molecular complexity index is 754. The maximum Gasteiger partial charge on any atom is 0.233 e. The van der Waals surface area contributed by atoms with Gasteiger partial charge < -0.3 is 19.1 Å². The molecule has 7 nitrogen and oxygen atoms in total. The molecular formula is C19H27N5O2S. The Morgan fingerprint density at radius 3 is 2.48 bits per heavy atom. The lowest BCUT2D eigenvalue weighted by Crippen LogP contribution is -2.49. The fraction of sp³-hybridized carbons (Fsp3) is 0.526. The fourth-order valence-electron chi connectivity index (χ4n) is 3.14. The number of amides is 1. The zero-order chi connectivity index (χ0) is 19.2. The number of aryl methyl sites for hydroxylation is 1. The topological polar surface area (TPSA) is 63.5 Å². The van der Waals surface area contributed by atoms with Crippen molar-refractivity contribution in [1.82, 2.24) is 19.7 Å². The molecule has 1 aliphatic heterocycles. The van der Waals surface area contributed by atoms with Gasteiger partial charge in [-0.05, 0) is 30.7 Å². The molecule has 8 heteroatoms. The van der Waals surface area contributed by atoms with Crippen LogP contribution in [0.5, 0.6) is 5.75 Å². The molecule has 2 heterocycles. The maximum atomic E-state index is 12.6. The van der Waals surface area contributed by atoms with E-state index in [4.69, 9.17) is 4.74 Å². The van der Waals surface area contributed by atoms with Crippen molar-refractivity contribution in [3.8, 4) is 5.75 Å². The molecule has 1 amide bonds. The number of methoxy groups -OCH3 is 1. The van der Waals surface area contributed by atoms with Crippen LogP contribution in [0.1, 0.15) is 19.2 Å². The van der Waals surface area contributed by atoms with E-state index < -0.39 is 0 Å². The molecular weight excluding hydrogens is 362 g/mol. The molecule has 0 N–H and O–H groups in total. The predicted molar refractivity (Wildman–Crippen MR) is 108 cm³/mol. The second-order valence-corrected chi connectivity index (χ2v) is 7.50. The summed E-state index contributed by atoms with van der Waals surface area (Å²) in [5, 5.41) is 9.22. The van der Waals surface area contributed by atoms with Crippen molar-refractivity contribution in [1.29, 1.82) is 0 Å². The Hall–Kier alpha value is -2.22. The van der Waals surface area contributed by atoms with E-state index in [1.165, 1.54) is 17.4 Å². The van der Waals surface area contributed by atoms with Gasteiger partial charge in [-0.3, -0.25) is 4.79 Å². The number of thioether (sulfide) groups is 1. The second kappa shape index (κ2) is 9.12. The Morgan fingerprint density at radius 2 is 1.85 bits per heavy atom. The van der Waals surface area contributed by atoms with Crippen molar-refractivity contribution in [3.63, 3.8) is 0 Å². The van der Waals surface area contributed by atoms with Gasteiger partial charge in [0.1, 0.15) is 11.6 Å². The SMILES string of the molecule is CCCc1nnc(SCC(=O)N2CCN(c3ccc(OC)cc3)CC2)n1C. The molecule has 0 unspecified atom stereocenters. The second-order valence-electron chi connectivity index (χ2n) is 6.56. The van der Waals surface area contributed by atoms with E-state index >= 15 is 0 Å². The van der Waals surface area contributed by atoms with Gasteiger partial charge in [0.2, 0.25) is 5.91 Å². The largest absolute Gasteiger partial charge is 0.497 e. The molecule has 0 spiro atoms. The number of ether oxygens (including phenoxy) is 1. The zero-order valence-corrected chi connectivity index (χ0v) is 17.0. The normalized spacial score (nSPS) is 14.5. The van der Waals surface area contributed by atoms with Gasteiger partial charge >= 0.3 is 0 Å². The van der Waals surface area contributed by atoms with Gasteiger partial charge in [0.15, 0.2) is 5.16 Å². The summed E-state index contributed by atoms with van der Waals surface area (Å²) in [4.78, 5) is 16.8. The summed E-state index contributed by atoms with van der Waals surface area (Å²) < 4.78 is 7.20. The fourth-order valence-corrected chi connectivity index (χ4v) is 3.97. The lowest BCUT2D eigenvalue weighted by Gasteiger charge is -2.36. The first-order chi connectivity index (χ1) is 13.1. The highest BCUT2D eigenvalue weighted by atomic mass is 32.2. The minimum absolute atomic E-state index is 0.162. The van der Waals surface area contributed by atoms with Gasteiger partial charge in [-0.2, -0.15) is 0 Å². The van der Waals surface area contributed by atoms with E-state index in [-0.39, 0.29) is 5.91 Å². The number of hydrogen-bond donors (Lipinski definition) is 0. The zero-order valence-electron chi connectivity index (χ0n) is 16.2. The Balaban J connectivity index is 1.48. The van der Waals surface area contributed by atoms with Crippen molar-refractivity contribution in [2.75, 3.05) is 43.9 Å². The third-order valence-corrected chi connectivity index (χ3v) is 5.80. The van der Waals surface area contributed by atoms with Gasteiger partial charge in [0.05, 0.1) is 12.9 Å². The minimum atomic E-state index is 0.162. The monoisotopic (exact) mass is 389 g/mol. The Morgan fingerprint density at radius 1 is 1.15 bits per heavy atom. The van der Waals surface area contributed by atoms with Crippen LogP contribution in [0.3, 0.4) is 0 Å². The third-order valence-electron chi connectivity index (χ3n) is 4.79. The number of hydrogen-bond acceptors (Lipinski definition) is 6. The standard InChI is InChI=1S/C19H27N5O2S/c1-4-5-17-20-21-19(22(17)2)27-14-18(25)24-12-10-23(11-13-24)15-6-8-16(26-3)9-7-15/h6-9H,4-5,10-14H2,1-3H3. The predicted octanol–water partition coefficient (Wildman–Crippen LogP) is 2.22. The van der Waals surface area contributed by atoms with E-state index in [1.807, 2.05) is 28.6 Å². The van der Waals surface area contributed by atoms with E-state index in [2.05, 4.69) is 34.2 Å². The summed E-state index contributed by atoms with van der Waals surface area (Å²) >= 11 is 1.47. The van der Waals surface area contributed by atoms with Crippen LogP contribution >= 0.6 is 11.8 Å². The summed E-state index contributed by atoms with van der Waals surface area (Å²) in [6, 6.07) is 8.07. The molecule has 0 aliphatic carbocycles. The first-order valence-electron chi connectivity index (χ1n) is 9.30. The van der Waals surface area contributed by atoms with Gasteiger partial charge in [0.25, 0.3) is 0 Å². The van der Waals surface area contributed by atoms with Crippen LogP contribution in [0, 0.1) is 0 Å². The van der Waals surface area contributed by atoms with Gasteiger partial charge in [-0.1, -0.05) is 18.7 Å². The number of benzene rings is 1. The molecule has 0 bridgehead atoms. The quantitative estimate of drug-likeness (QED) is 0.677. The van der Waals surface area contributed by atoms with Gasteiger partial charge in [0, 0.05) is 45.3 Å². The molecule has 1 fully saturated rings. The molecule has 1 saturated heterocycles. The Labute approximate surface area is 164 Å². The summed E-state index contributed by atoms with van der Waals surface area (Å²) in [6.45, 7) is 5.29. The molecule has 27 heavy (non-hydrogen) atoms. The first kappa shape index (κ1) is 19.5. The number of carbonyl (C=O) groups is 1. The molecule has 1 aromatic heterocycles. The molecule has 0 radical (unpaired) electrons. The van der Waals surface area contributed by atoms with Gasteiger partial charge in [-0.25, -0.2) is 0 Å². The highest BCUT2D eigenvalue weighted by Crippen LogP contribution is 2.21. The van der Waals surface area contributed by atoms with Crippen LogP contribution in [-0.2, 0) is 18.3 Å². The van der Waals surface area contributed by atoms with E-state index in [1.54, 1.807) is 7.11 Å². The summed E-state index contributed by atoms with van der Waals surface area (Å²) in [6.07, 6.45) is 1.94. The average Bonchev–Trinajstić information content (AvgIpc) is 3.06. The molecule has 1 aliphatic rings. The Kier molecular flexibility index (Phi) is 6.60. The van der Waals surface area contributed by atoms with Crippen molar-refractivity contribution in [2.24, 2.45) is 7.05 Å². The molecule has 2 aromatic rings. The van der Waals surface area contributed by atoms with Crippen molar-refractivity contribution in [2.45, 2.75) is 24.9 Å². The highest BCUT2D eigenvalue weighted by Gasteiger charge is 2.22. The maximum absolute atomic E-state index is 12.6.